The van der Waals surface area contributed by atoms with Crippen LogP contribution >= 0.6 is 0 Å². The predicted octanol–water partition coefficient (Wildman–Crippen LogP) is 0.749. The van der Waals surface area contributed by atoms with Crippen LogP contribution in [0.3, 0.4) is 0 Å². The van der Waals surface area contributed by atoms with Crippen LogP contribution in [0.25, 0.3) is 0 Å². The highest BCUT2D eigenvalue weighted by molar-refractivity contribution is 5.95. The lowest BCUT2D eigenvalue weighted by molar-refractivity contribution is 0.0609. The van der Waals surface area contributed by atoms with Gasteiger partial charge in [-0.05, 0) is 19.1 Å². The Morgan fingerprint density at radius 1 is 1.25 bits per heavy atom. The Labute approximate surface area is 118 Å². The first-order valence-electron chi connectivity index (χ1n) is 6.21. The van der Waals surface area contributed by atoms with Gasteiger partial charge in [-0.3, -0.25) is 4.79 Å². The SMILES string of the molecule is COCC(O)CNC(=O)c1cc(OC)c(C)c(OC)c1. The standard InChI is InChI=1S/C14H21NO5/c1-9-12(19-3)5-10(6-13(9)20-4)14(17)15-7-11(16)8-18-2/h5-6,11,16H,7-8H2,1-4H3,(H,15,17). The number of aliphatic hydroxyl groups is 1. The minimum atomic E-state index is -0.738. The molecule has 0 aliphatic heterocycles. The van der Waals surface area contributed by atoms with Gasteiger partial charge in [0.15, 0.2) is 0 Å². The molecule has 1 amide bonds. The van der Waals surface area contributed by atoms with Gasteiger partial charge in [0.05, 0.1) is 26.9 Å². The Balaban J connectivity index is 2.82. The Bertz CT molecular complexity index is 436. The molecule has 112 valence electrons. The Morgan fingerprint density at radius 3 is 2.25 bits per heavy atom. The van der Waals surface area contributed by atoms with Crippen LogP contribution in [0.15, 0.2) is 12.1 Å². The first kappa shape index (κ1) is 16.3. The highest BCUT2D eigenvalue weighted by Gasteiger charge is 2.14. The van der Waals surface area contributed by atoms with Crippen molar-refractivity contribution in [2.24, 2.45) is 0 Å². The van der Waals surface area contributed by atoms with Crippen LogP contribution in [0.4, 0.5) is 0 Å². The molecule has 0 aliphatic rings. The number of carbonyl (C=O) groups excluding carboxylic acids is 1. The molecule has 1 aromatic carbocycles. The summed E-state index contributed by atoms with van der Waals surface area (Å²) in [4.78, 5) is 12.0. The Morgan fingerprint density at radius 2 is 1.80 bits per heavy atom. The van der Waals surface area contributed by atoms with Crippen molar-refractivity contribution in [2.45, 2.75) is 13.0 Å². The molecule has 1 aromatic rings. The number of amides is 1. The Kier molecular flexibility index (Phi) is 6.27. The fraction of sp³-hybridized carbons (Fsp3) is 0.500. The molecule has 1 rings (SSSR count). The minimum absolute atomic E-state index is 0.116. The van der Waals surface area contributed by atoms with Crippen LogP contribution in [-0.4, -0.2) is 51.6 Å². The van der Waals surface area contributed by atoms with Crippen LogP contribution in [0.2, 0.25) is 0 Å². The van der Waals surface area contributed by atoms with E-state index in [9.17, 15) is 9.90 Å². The molecule has 1 atom stereocenters. The van der Waals surface area contributed by atoms with Gasteiger partial charge >= 0.3 is 0 Å². The molecule has 6 nitrogen and oxygen atoms in total. The number of rotatable bonds is 7. The van der Waals surface area contributed by atoms with Crippen LogP contribution in [0.1, 0.15) is 15.9 Å². The summed E-state index contributed by atoms with van der Waals surface area (Å²) < 4.78 is 15.2. The lowest BCUT2D eigenvalue weighted by atomic mass is 10.1. The van der Waals surface area contributed by atoms with E-state index >= 15 is 0 Å². The van der Waals surface area contributed by atoms with Crippen LogP contribution in [0.5, 0.6) is 11.5 Å². The largest absolute Gasteiger partial charge is 0.496 e. The summed E-state index contributed by atoms with van der Waals surface area (Å²) in [5, 5.41) is 12.1. The molecule has 20 heavy (non-hydrogen) atoms. The average molecular weight is 283 g/mol. The molecule has 0 aromatic heterocycles. The van der Waals surface area contributed by atoms with Gasteiger partial charge in [-0.15, -0.1) is 0 Å². The number of nitrogens with one attached hydrogen (secondary N) is 1. The summed E-state index contributed by atoms with van der Waals surface area (Å²) in [7, 11) is 4.55. The molecule has 0 radical (unpaired) electrons. The van der Waals surface area contributed by atoms with Crippen molar-refractivity contribution in [1.29, 1.82) is 0 Å². The highest BCUT2D eigenvalue weighted by atomic mass is 16.5. The van der Waals surface area contributed by atoms with Crippen LogP contribution in [0, 0.1) is 6.92 Å². The fourth-order valence-electron chi connectivity index (χ4n) is 1.78. The van der Waals surface area contributed by atoms with Crippen molar-refractivity contribution in [3.8, 4) is 11.5 Å². The molecule has 0 saturated heterocycles. The third-order valence-corrected chi connectivity index (χ3v) is 2.87. The lowest BCUT2D eigenvalue weighted by Gasteiger charge is -2.14. The maximum Gasteiger partial charge on any atom is 0.251 e. The van der Waals surface area contributed by atoms with E-state index in [0.717, 1.165) is 5.56 Å². The van der Waals surface area contributed by atoms with E-state index in [4.69, 9.17) is 14.2 Å². The predicted molar refractivity (Wildman–Crippen MR) is 74.5 cm³/mol. The number of benzene rings is 1. The molecule has 0 spiro atoms. The van der Waals surface area contributed by atoms with Crippen molar-refractivity contribution < 1.29 is 24.1 Å². The van der Waals surface area contributed by atoms with Crippen molar-refractivity contribution in [2.75, 3.05) is 34.5 Å². The van der Waals surface area contributed by atoms with Gasteiger partial charge in [0, 0.05) is 24.8 Å². The molecular weight excluding hydrogens is 262 g/mol. The molecule has 0 aliphatic carbocycles. The van der Waals surface area contributed by atoms with E-state index in [2.05, 4.69) is 5.32 Å². The van der Waals surface area contributed by atoms with Crippen molar-refractivity contribution >= 4 is 5.91 Å². The van der Waals surface area contributed by atoms with Crippen LogP contribution < -0.4 is 14.8 Å². The van der Waals surface area contributed by atoms with Crippen LogP contribution in [-0.2, 0) is 4.74 Å². The quantitative estimate of drug-likeness (QED) is 0.772. The number of hydrogen-bond acceptors (Lipinski definition) is 5. The second-order valence-corrected chi connectivity index (χ2v) is 4.32. The highest BCUT2D eigenvalue weighted by Crippen LogP contribution is 2.29. The van der Waals surface area contributed by atoms with Crippen molar-refractivity contribution in [3.05, 3.63) is 23.3 Å². The van der Waals surface area contributed by atoms with E-state index in [-0.39, 0.29) is 19.1 Å². The second kappa shape index (κ2) is 7.72. The van der Waals surface area contributed by atoms with E-state index in [1.165, 1.54) is 21.3 Å². The third kappa shape index (κ3) is 4.11. The molecule has 0 fully saturated rings. The van der Waals surface area contributed by atoms with Gasteiger partial charge in [-0.1, -0.05) is 0 Å². The monoisotopic (exact) mass is 283 g/mol. The number of carbonyl (C=O) groups is 1. The lowest BCUT2D eigenvalue weighted by Crippen LogP contribution is -2.34. The first-order valence-corrected chi connectivity index (χ1v) is 6.21. The van der Waals surface area contributed by atoms with Gasteiger partial charge in [-0.25, -0.2) is 0 Å². The fourth-order valence-corrected chi connectivity index (χ4v) is 1.78. The van der Waals surface area contributed by atoms with E-state index in [1.54, 1.807) is 12.1 Å². The minimum Gasteiger partial charge on any atom is -0.496 e. The summed E-state index contributed by atoms with van der Waals surface area (Å²) in [5.41, 5.74) is 1.24. The molecular formula is C14H21NO5. The Hall–Kier alpha value is -1.79. The zero-order valence-corrected chi connectivity index (χ0v) is 12.2. The van der Waals surface area contributed by atoms with Gasteiger partial charge in [-0.2, -0.15) is 0 Å². The summed E-state index contributed by atoms with van der Waals surface area (Å²) >= 11 is 0. The number of ether oxygens (including phenoxy) is 3. The normalized spacial score (nSPS) is 11.8. The van der Waals surface area contributed by atoms with E-state index in [1.807, 2.05) is 6.92 Å². The van der Waals surface area contributed by atoms with Crippen molar-refractivity contribution in [1.82, 2.24) is 5.32 Å². The number of hydrogen-bond donors (Lipinski definition) is 2. The summed E-state index contributed by atoms with van der Waals surface area (Å²) in [6.07, 6.45) is -0.738. The third-order valence-electron chi connectivity index (χ3n) is 2.87. The molecule has 0 heterocycles. The van der Waals surface area contributed by atoms with Crippen molar-refractivity contribution in [3.63, 3.8) is 0 Å². The summed E-state index contributed by atoms with van der Waals surface area (Å²) in [6.45, 7) is 2.13. The summed E-state index contributed by atoms with van der Waals surface area (Å²) in [5.74, 6) is 0.843. The first-order chi connectivity index (χ1) is 9.53. The molecule has 1 unspecified atom stereocenters. The van der Waals surface area contributed by atoms with Gasteiger partial charge in [0.2, 0.25) is 0 Å². The molecule has 0 saturated carbocycles. The maximum atomic E-state index is 12.0. The average Bonchev–Trinajstić information content (AvgIpc) is 2.45. The number of methoxy groups -OCH3 is 3. The second-order valence-electron chi connectivity index (χ2n) is 4.32. The smallest absolute Gasteiger partial charge is 0.251 e. The summed E-state index contributed by atoms with van der Waals surface area (Å²) in [6, 6.07) is 3.27. The number of aliphatic hydroxyl groups excluding tert-OH is 1. The van der Waals surface area contributed by atoms with E-state index < -0.39 is 6.10 Å². The van der Waals surface area contributed by atoms with Gasteiger partial charge in [0.1, 0.15) is 11.5 Å². The van der Waals surface area contributed by atoms with E-state index in [0.29, 0.717) is 17.1 Å². The zero-order valence-electron chi connectivity index (χ0n) is 12.2. The molecule has 2 N–H and O–H groups in total. The molecule has 6 heteroatoms. The topological polar surface area (TPSA) is 77.0 Å². The van der Waals surface area contributed by atoms with Gasteiger partial charge in [0.25, 0.3) is 5.91 Å². The molecule has 0 bridgehead atoms. The van der Waals surface area contributed by atoms with Gasteiger partial charge < -0.3 is 24.6 Å². The zero-order chi connectivity index (χ0) is 15.1. The maximum absolute atomic E-state index is 12.0.